The van der Waals surface area contributed by atoms with Gasteiger partial charge in [-0.3, -0.25) is 4.79 Å². The second-order valence-electron chi connectivity index (χ2n) is 7.02. The maximum absolute atomic E-state index is 13.3. The molecule has 0 spiro atoms. The van der Waals surface area contributed by atoms with E-state index in [2.05, 4.69) is 11.2 Å². The van der Waals surface area contributed by atoms with Gasteiger partial charge in [-0.1, -0.05) is 17.3 Å². The van der Waals surface area contributed by atoms with E-state index in [1.54, 1.807) is 11.3 Å². The van der Waals surface area contributed by atoms with E-state index in [4.69, 9.17) is 9.51 Å². The molecule has 3 aromatic rings. The summed E-state index contributed by atoms with van der Waals surface area (Å²) in [5.41, 5.74) is 2.74. The lowest BCUT2D eigenvalue weighted by Gasteiger charge is -2.36. The van der Waals surface area contributed by atoms with E-state index in [0.29, 0.717) is 0 Å². The van der Waals surface area contributed by atoms with Crippen molar-refractivity contribution in [2.45, 2.75) is 52.0 Å². The third kappa shape index (κ3) is 2.92. The first kappa shape index (κ1) is 17.2. The molecule has 1 saturated heterocycles. The normalized spacial score (nSPS) is 19.0. The van der Waals surface area contributed by atoms with Crippen LogP contribution in [0.2, 0.25) is 0 Å². The van der Waals surface area contributed by atoms with Crippen molar-refractivity contribution >= 4 is 27.5 Å². The zero-order valence-corrected chi connectivity index (χ0v) is 16.2. The third-order valence-electron chi connectivity index (χ3n) is 5.27. The number of para-hydroxylation sites is 1. The molecular weight excluding hydrogens is 346 g/mol. The largest absolute Gasteiger partial charge is 0.361 e. The molecule has 0 aliphatic carbocycles. The molecule has 2 unspecified atom stereocenters. The second-order valence-corrected chi connectivity index (χ2v) is 8.08. The van der Waals surface area contributed by atoms with Crippen LogP contribution in [-0.2, 0) is 4.79 Å². The van der Waals surface area contributed by atoms with E-state index in [9.17, 15) is 4.79 Å². The Kier molecular flexibility index (Phi) is 4.53. The number of hydrogen-bond donors (Lipinski definition) is 0. The van der Waals surface area contributed by atoms with Crippen molar-refractivity contribution in [2.24, 2.45) is 0 Å². The summed E-state index contributed by atoms with van der Waals surface area (Å²) in [5.74, 6) is 0.622. The Hall–Kier alpha value is -2.21. The molecule has 4 rings (SSSR count). The fourth-order valence-electron chi connectivity index (χ4n) is 3.97. The van der Waals surface area contributed by atoms with Gasteiger partial charge in [-0.2, -0.15) is 0 Å². The molecule has 0 saturated carbocycles. The monoisotopic (exact) mass is 369 g/mol. The topological polar surface area (TPSA) is 59.2 Å². The molecule has 0 radical (unpaired) electrons. The highest BCUT2D eigenvalue weighted by atomic mass is 32.1. The van der Waals surface area contributed by atoms with Gasteiger partial charge in [0.15, 0.2) is 0 Å². The Morgan fingerprint density at radius 3 is 2.85 bits per heavy atom. The van der Waals surface area contributed by atoms with Crippen molar-refractivity contribution in [3.8, 4) is 0 Å². The third-order valence-corrected chi connectivity index (χ3v) is 6.41. The first-order chi connectivity index (χ1) is 12.6. The fourth-order valence-corrected chi connectivity index (χ4v) is 5.08. The van der Waals surface area contributed by atoms with Crippen molar-refractivity contribution < 1.29 is 9.32 Å². The highest BCUT2D eigenvalue weighted by Gasteiger charge is 2.34. The predicted octanol–water partition coefficient (Wildman–Crippen LogP) is 4.76. The molecule has 1 fully saturated rings. The Bertz CT molecular complexity index is 893. The summed E-state index contributed by atoms with van der Waals surface area (Å²) in [4.78, 5) is 20.2. The number of rotatable bonds is 3. The molecular formula is C20H23N3O2S. The highest BCUT2D eigenvalue weighted by molar-refractivity contribution is 7.18. The van der Waals surface area contributed by atoms with Crippen LogP contribution in [0.4, 0.5) is 0 Å². The summed E-state index contributed by atoms with van der Waals surface area (Å²) in [6, 6.07) is 8.24. The number of aromatic nitrogens is 2. The maximum Gasteiger partial charge on any atom is 0.230 e. The van der Waals surface area contributed by atoms with Crippen LogP contribution in [0.1, 0.15) is 60.2 Å². The average molecular weight is 369 g/mol. The standard InChI is InChI=1S/C20H23N3O2S/c1-12(18-13(2)22-25-14(18)3)20(24)23-11-7-6-9-16(23)19-21-15-8-4-5-10-17(15)26-19/h4-5,8,10,12,16H,6-7,9,11H2,1-3H3. The molecule has 2 atom stereocenters. The Morgan fingerprint density at radius 2 is 2.12 bits per heavy atom. The summed E-state index contributed by atoms with van der Waals surface area (Å²) in [6.45, 7) is 6.52. The van der Waals surface area contributed by atoms with E-state index in [-0.39, 0.29) is 17.9 Å². The number of thiazole rings is 1. The number of fused-ring (bicyclic) bond motifs is 1. The molecule has 1 aromatic carbocycles. The summed E-state index contributed by atoms with van der Waals surface area (Å²) < 4.78 is 6.45. The van der Waals surface area contributed by atoms with Gasteiger partial charge in [0.25, 0.3) is 0 Å². The van der Waals surface area contributed by atoms with E-state index in [1.165, 1.54) is 4.70 Å². The van der Waals surface area contributed by atoms with Crippen molar-refractivity contribution in [3.05, 3.63) is 46.3 Å². The van der Waals surface area contributed by atoms with Crippen molar-refractivity contribution in [2.75, 3.05) is 6.54 Å². The van der Waals surface area contributed by atoms with E-state index < -0.39 is 0 Å². The number of nitrogens with zero attached hydrogens (tertiary/aromatic N) is 3. The molecule has 1 aliphatic rings. The van der Waals surface area contributed by atoms with Crippen molar-refractivity contribution in [1.29, 1.82) is 0 Å². The molecule has 3 heterocycles. The molecule has 6 heteroatoms. The van der Waals surface area contributed by atoms with Gasteiger partial charge in [0.05, 0.1) is 27.9 Å². The fraction of sp³-hybridized carbons (Fsp3) is 0.450. The smallest absolute Gasteiger partial charge is 0.230 e. The zero-order valence-electron chi connectivity index (χ0n) is 15.4. The number of carbonyl (C=O) groups is 1. The number of hydrogen-bond acceptors (Lipinski definition) is 5. The minimum Gasteiger partial charge on any atom is -0.361 e. The van der Waals surface area contributed by atoms with Crippen LogP contribution >= 0.6 is 11.3 Å². The van der Waals surface area contributed by atoms with Crippen LogP contribution in [0.5, 0.6) is 0 Å². The summed E-state index contributed by atoms with van der Waals surface area (Å²) in [5, 5.41) is 5.06. The van der Waals surface area contributed by atoms with Crippen LogP contribution in [0.25, 0.3) is 10.2 Å². The molecule has 5 nitrogen and oxygen atoms in total. The SMILES string of the molecule is Cc1noc(C)c1C(C)C(=O)N1CCCCC1c1nc2ccccc2s1. The number of carbonyl (C=O) groups excluding carboxylic acids is 1. The van der Waals surface area contributed by atoms with Crippen LogP contribution in [0.15, 0.2) is 28.8 Å². The van der Waals surface area contributed by atoms with Crippen LogP contribution in [-0.4, -0.2) is 27.5 Å². The lowest BCUT2D eigenvalue weighted by Crippen LogP contribution is -2.40. The first-order valence-corrected chi connectivity index (χ1v) is 9.96. The summed E-state index contributed by atoms with van der Waals surface area (Å²) in [7, 11) is 0. The minimum absolute atomic E-state index is 0.0663. The van der Waals surface area contributed by atoms with Gasteiger partial charge in [0.2, 0.25) is 5.91 Å². The van der Waals surface area contributed by atoms with E-state index >= 15 is 0 Å². The summed E-state index contributed by atoms with van der Waals surface area (Å²) in [6.07, 6.45) is 3.14. The molecule has 0 N–H and O–H groups in total. The van der Waals surface area contributed by atoms with Gasteiger partial charge in [0.1, 0.15) is 10.8 Å². The van der Waals surface area contributed by atoms with Crippen molar-refractivity contribution in [3.63, 3.8) is 0 Å². The van der Waals surface area contributed by atoms with Crippen LogP contribution in [0.3, 0.4) is 0 Å². The van der Waals surface area contributed by atoms with Gasteiger partial charge >= 0.3 is 0 Å². The predicted molar refractivity (Wildman–Crippen MR) is 102 cm³/mol. The maximum atomic E-state index is 13.3. The number of benzene rings is 1. The number of piperidine rings is 1. The Morgan fingerprint density at radius 1 is 1.31 bits per heavy atom. The molecule has 0 bridgehead atoms. The van der Waals surface area contributed by atoms with Crippen molar-refractivity contribution in [1.82, 2.24) is 15.0 Å². The molecule has 1 aliphatic heterocycles. The minimum atomic E-state index is -0.253. The number of aryl methyl sites for hydroxylation is 2. The van der Waals surface area contributed by atoms with Crippen LogP contribution < -0.4 is 0 Å². The molecule has 1 amide bonds. The van der Waals surface area contributed by atoms with Gasteiger partial charge < -0.3 is 9.42 Å². The zero-order chi connectivity index (χ0) is 18.3. The Balaban J connectivity index is 1.65. The van der Waals surface area contributed by atoms with Crippen LogP contribution in [0, 0.1) is 13.8 Å². The number of likely N-dealkylation sites (tertiary alicyclic amines) is 1. The molecule has 136 valence electrons. The van der Waals surface area contributed by atoms with Gasteiger partial charge in [-0.05, 0) is 52.2 Å². The molecule has 26 heavy (non-hydrogen) atoms. The van der Waals surface area contributed by atoms with Gasteiger partial charge in [-0.15, -0.1) is 11.3 Å². The molecule has 2 aromatic heterocycles. The number of amides is 1. The van der Waals surface area contributed by atoms with Gasteiger partial charge in [0, 0.05) is 12.1 Å². The first-order valence-electron chi connectivity index (χ1n) is 9.15. The lowest BCUT2D eigenvalue weighted by atomic mass is 9.94. The lowest BCUT2D eigenvalue weighted by molar-refractivity contribution is -0.136. The van der Waals surface area contributed by atoms with E-state index in [1.807, 2.05) is 43.9 Å². The van der Waals surface area contributed by atoms with E-state index in [0.717, 1.165) is 53.3 Å². The highest BCUT2D eigenvalue weighted by Crippen LogP contribution is 2.37. The Labute approximate surface area is 157 Å². The second kappa shape index (κ2) is 6.83. The van der Waals surface area contributed by atoms with Gasteiger partial charge in [-0.25, -0.2) is 4.98 Å². The quantitative estimate of drug-likeness (QED) is 0.668. The summed E-state index contributed by atoms with van der Waals surface area (Å²) >= 11 is 1.70. The average Bonchev–Trinajstić information content (AvgIpc) is 3.23.